The van der Waals surface area contributed by atoms with Gasteiger partial charge in [0, 0.05) is 18.9 Å². The number of pyridine rings is 1. The smallest absolute Gasteiger partial charge is 0.306 e. The zero-order valence-electron chi connectivity index (χ0n) is 21.7. The number of fused-ring (bicyclic) bond motifs is 1. The molecule has 1 aliphatic heterocycles. The molecular formula is C29H36N2O5S. The molecule has 1 aromatic heterocycles. The fraction of sp³-hybridized carbons (Fsp3) is 0.379. The van der Waals surface area contributed by atoms with E-state index in [1.807, 2.05) is 51.2 Å². The number of ether oxygens (including phenoxy) is 2. The molecule has 0 bridgehead atoms. The first-order chi connectivity index (χ1) is 17.8. The molecule has 0 amide bonds. The number of para-hydroxylation sites is 1. The molecule has 0 aliphatic carbocycles. The summed E-state index contributed by atoms with van der Waals surface area (Å²) in [6, 6.07) is 17.3. The third-order valence-electron chi connectivity index (χ3n) is 6.71. The van der Waals surface area contributed by atoms with E-state index in [0.717, 1.165) is 35.1 Å². The van der Waals surface area contributed by atoms with E-state index in [4.69, 9.17) is 9.47 Å². The summed E-state index contributed by atoms with van der Waals surface area (Å²) in [4.78, 5) is 17.1. The van der Waals surface area contributed by atoms with Gasteiger partial charge in [-0.05, 0) is 80.0 Å². The zero-order valence-corrected chi connectivity index (χ0v) is 22.5. The number of aromatic nitrogens is 1. The van der Waals surface area contributed by atoms with E-state index in [1.54, 1.807) is 28.7 Å². The van der Waals surface area contributed by atoms with Crippen LogP contribution in [0.2, 0.25) is 0 Å². The van der Waals surface area contributed by atoms with Crippen molar-refractivity contribution >= 4 is 16.7 Å². The Morgan fingerprint density at radius 1 is 1.22 bits per heavy atom. The lowest BCUT2D eigenvalue weighted by Gasteiger charge is -2.42. The molecule has 2 N–H and O–H groups in total. The van der Waals surface area contributed by atoms with Crippen LogP contribution in [-0.2, 0) is 22.5 Å². The zero-order chi connectivity index (χ0) is 26.4. The first kappa shape index (κ1) is 27.1. The van der Waals surface area contributed by atoms with Crippen LogP contribution in [0.3, 0.4) is 0 Å². The maximum absolute atomic E-state index is 12.5. The lowest BCUT2D eigenvalue weighted by Crippen LogP contribution is -2.33. The number of hydrogen-bond donors (Lipinski definition) is 2. The first-order valence-corrected chi connectivity index (χ1v) is 14.2. The van der Waals surface area contributed by atoms with Gasteiger partial charge in [-0.25, -0.2) is 0 Å². The predicted molar refractivity (Wildman–Crippen MR) is 146 cm³/mol. The second kappa shape index (κ2) is 12.1. The van der Waals surface area contributed by atoms with Crippen LogP contribution >= 0.6 is 10.8 Å². The monoisotopic (exact) mass is 524 g/mol. The van der Waals surface area contributed by atoms with E-state index in [9.17, 15) is 13.9 Å². The highest BCUT2D eigenvalue weighted by atomic mass is 32.3. The van der Waals surface area contributed by atoms with E-state index in [1.165, 1.54) is 0 Å². The highest BCUT2D eigenvalue weighted by molar-refractivity contribution is 8.22. The van der Waals surface area contributed by atoms with Crippen molar-refractivity contribution in [2.75, 3.05) is 13.2 Å². The van der Waals surface area contributed by atoms with Gasteiger partial charge in [-0.1, -0.05) is 36.4 Å². The van der Waals surface area contributed by atoms with Gasteiger partial charge in [0.15, 0.2) is 0 Å². The normalized spacial score (nSPS) is 18.7. The maximum Gasteiger partial charge on any atom is 0.306 e. The molecule has 7 nitrogen and oxygen atoms in total. The third-order valence-corrected chi connectivity index (χ3v) is 8.63. The van der Waals surface area contributed by atoms with Crippen molar-refractivity contribution in [1.82, 2.24) is 9.29 Å². The lowest BCUT2D eigenvalue weighted by atomic mass is 9.88. The summed E-state index contributed by atoms with van der Waals surface area (Å²) in [6.45, 7) is 6.83. The highest BCUT2D eigenvalue weighted by Gasteiger charge is 2.34. The van der Waals surface area contributed by atoms with Gasteiger partial charge in [-0.3, -0.25) is 18.9 Å². The quantitative estimate of drug-likeness (QED) is 0.314. The van der Waals surface area contributed by atoms with Crippen LogP contribution in [0.15, 0.2) is 71.9 Å². The van der Waals surface area contributed by atoms with E-state index in [2.05, 4.69) is 17.1 Å². The molecule has 3 aromatic rings. The van der Waals surface area contributed by atoms with Gasteiger partial charge < -0.3 is 9.47 Å². The number of carbonyl (C=O) groups is 1. The molecule has 0 radical (unpaired) electrons. The summed E-state index contributed by atoms with van der Waals surface area (Å²) in [7, 11) is -3.25. The van der Waals surface area contributed by atoms with Gasteiger partial charge in [0.25, 0.3) is 0 Å². The average molecular weight is 525 g/mol. The summed E-state index contributed by atoms with van der Waals surface area (Å²) in [6.07, 6.45) is 5.24. The summed E-state index contributed by atoms with van der Waals surface area (Å²) in [5, 5.41) is 0. The average Bonchev–Trinajstić information content (AvgIpc) is 2.97. The molecular weight excluding hydrogens is 488 g/mol. The summed E-state index contributed by atoms with van der Waals surface area (Å²) >= 11 is 0. The Balaban J connectivity index is 1.61. The molecule has 2 heterocycles. The number of aryl methyl sites for hydroxylation is 2. The Bertz CT molecular complexity index is 1200. The van der Waals surface area contributed by atoms with E-state index in [0.29, 0.717) is 30.3 Å². The van der Waals surface area contributed by atoms with Crippen molar-refractivity contribution in [1.29, 1.82) is 0 Å². The van der Waals surface area contributed by atoms with Crippen molar-refractivity contribution in [3.63, 3.8) is 0 Å². The Morgan fingerprint density at radius 2 is 2.03 bits per heavy atom. The Labute approximate surface area is 220 Å². The number of hydrogen-bond acceptors (Lipinski definition) is 7. The van der Waals surface area contributed by atoms with Crippen molar-refractivity contribution < 1.29 is 23.4 Å². The van der Waals surface area contributed by atoms with Crippen LogP contribution < -0.4 is 4.74 Å². The molecule has 198 valence electrons. The molecule has 4 rings (SSSR count). The number of carbonyl (C=O) groups excluding carboxylic acids is 1. The predicted octanol–water partition coefficient (Wildman–Crippen LogP) is 6.37. The van der Waals surface area contributed by atoms with Gasteiger partial charge in [-0.2, -0.15) is 4.31 Å². The van der Waals surface area contributed by atoms with Gasteiger partial charge in [0.1, 0.15) is 16.7 Å². The SMILES string of the molecule is CCOC(=O)CC(CCc1cccnc1)c1ccc(C)c(CN2C[C@@H](C)Oc3ccccc3S2(O)O)c1. The van der Waals surface area contributed by atoms with Gasteiger partial charge in [-0.15, -0.1) is 10.8 Å². The Morgan fingerprint density at radius 3 is 2.78 bits per heavy atom. The molecule has 37 heavy (non-hydrogen) atoms. The minimum atomic E-state index is -3.25. The number of esters is 1. The number of nitrogens with zero attached hydrogens (tertiary/aromatic N) is 2. The van der Waals surface area contributed by atoms with Crippen LogP contribution in [-0.4, -0.2) is 43.6 Å². The van der Waals surface area contributed by atoms with Gasteiger partial charge in [0.05, 0.1) is 19.6 Å². The fourth-order valence-corrected chi connectivity index (χ4v) is 6.37. The molecule has 2 atom stereocenters. The van der Waals surface area contributed by atoms with E-state index >= 15 is 0 Å². The molecule has 1 aliphatic rings. The molecule has 2 aromatic carbocycles. The Kier molecular flexibility index (Phi) is 8.87. The molecule has 1 unspecified atom stereocenters. The summed E-state index contributed by atoms with van der Waals surface area (Å²) in [5.74, 6) is 0.254. The maximum atomic E-state index is 12.5. The van der Waals surface area contributed by atoms with Crippen molar-refractivity contribution in [3.8, 4) is 5.75 Å². The first-order valence-electron chi connectivity index (χ1n) is 12.7. The van der Waals surface area contributed by atoms with Crippen LogP contribution in [0.4, 0.5) is 0 Å². The molecule has 0 saturated heterocycles. The van der Waals surface area contributed by atoms with E-state index in [-0.39, 0.29) is 24.4 Å². The summed E-state index contributed by atoms with van der Waals surface area (Å²) < 4.78 is 35.6. The van der Waals surface area contributed by atoms with Crippen LogP contribution in [0, 0.1) is 6.92 Å². The molecule has 0 spiro atoms. The second-order valence-electron chi connectivity index (χ2n) is 9.51. The minimum absolute atomic E-state index is 0.0360. The standard InChI is InChI=1S/C29H36N2O5S/c1-4-35-29(32)17-25(14-12-23-8-7-15-30-18-23)24-13-11-21(2)26(16-24)20-31-19-22(3)36-27-9-5-6-10-28(27)37(31,33)34/h5-11,13,15-16,18,22,25,33-34H,4,12,14,17,19-20H2,1-3H3/t22-,25?/m1/s1. The fourth-order valence-electron chi connectivity index (χ4n) is 4.71. The van der Waals surface area contributed by atoms with Crippen molar-refractivity contribution in [2.45, 2.75) is 63.5 Å². The van der Waals surface area contributed by atoms with Crippen LogP contribution in [0.25, 0.3) is 0 Å². The highest BCUT2D eigenvalue weighted by Crippen LogP contribution is 2.57. The van der Waals surface area contributed by atoms with Crippen LogP contribution in [0.1, 0.15) is 54.9 Å². The molecule has 0 fully saturated rings. The number of rotatable bonds is 9. The summed E-state index contributed by atoms with van der Waals surface area (Å²) in [5.41, 5.74) is 4.19. The topological polar surface area (TPSA) is 92.1 Å². The van der Waals surface area contributed by atoms with Gasteiger partial charge in [0.2, 0.25) is 0 Å². The van der Waals surface area contributed by atoms with Gasteiger partial charge >= 0.3 is 5.97 Å². The van der Waals surface area contributed by atoms with Crippen molar-refractivity contribution in [2.24, 2.45) is 0 Å². The van der Waals surface area contributed by atoms with Crippen LogP contribution in [0.5, 0.6) is 5.75 Å². The molecule has 8 heteroatoms. The second-order valence-corrected chi connectivity index (χ2v) is 11.5. The largest absolute Gasteiger partial charge is 0.487 e. The lowest BCUT2D eigenvalue weighted by molar-refractivity contribution is -0.143. The molecule has 0 saturated carbocycles. The van der Waals surface area contributed by atoms with Crippen molar-refractivity contribution in [3.05, 3.63) is 89.2 Å². The number of benzene rings is 2. The van der Waals surface area contributed by atoms with E-state index < -0.39 is 10.8 Å². The Hall–Kier alpha value is -2.91. The minimum Gasteiger partial charge on any atom is -0.487 e. The third kappa shape index (κ3) is 6.70.